The van der Waals surface area contributed by atoms with Crippen LogP contribution in [0.25, 0.3) is 0 Å². The topological polar surface area (TPSA) is 66.8 Å². The lowest BCUT2D eigenvalue weighted by atomic mass is 10.3. The summed E-state index contributed by atoms with van der Waals surface area (Å²) in [6.07, 6.45) is 5.36. The minimum Gasteiger partial charge on any atom is -0.303 e. The molecule has 0 atom stereocenters. The normalized spacial score (nSPS) is 12.6. The number of hydrogen-bond donors (Lipinski definition) is 2. The minimum atomic E-state index is -4.27. The van der Waals surface area contributed by atoms with E-state index in [1.807, 2.05) is 13.0 Å². The summed E-state index contributed by atoms with van der Waals surface area (Å²) in [6.45, 7) is 2.00. The Morgan fingerprint density at radius 3 is 2.55 bits per heavy atom. The van der Waals surface area contributed by atoms with Crippen LogP contribution >= 0.6 is 7.82 Å². The van der Waals surface area contributed by atoms with Crippen LogP contribution in [-0.2, 0) is 9.09 Å². The number of phosphoric ester groups is 1. The second kappa shape index (κ2) is 5.49. The van der Waals surface area contributed by atoms with Crippen molar-refractivity contribution < 1.29 is 18.9 Å². The Labute approximate surface area is 66.1 Å². The molecule has 2 N–H and O–H groups in total. The van der Waals surface area contributed by atoms with Gasteiger partial charge in [0.05, 0.1) is 6.61 Å². The maximum absolute atomic E-state index is 10.1. The first-order valence-corrected chi connectivity index (χ1v) is 4.94. The largest absolute Gasteiger partial charge is 0.469 e. The van der Waals surface area contributed by atoms with Gasteiger partial charge in [-0.1, -0.05) is 25.5 Å². The lowest BCUT2D eigenvalue weighted by molar-refractivity contribution is 0.215. The summed E-state index contributed by atoms with van der Waals surface area (Å²) >= 11 is 0. The Hall–Kier alpha value is -0.150. The second-order valence-corrected chi connectivity index (χ2v) is 3.29. The smallest absolute Gasteiger partial charge is 0.303 e. The third-order valence-corrected chi connectivity index (χ3v) is 1.45. The van der Waals surface area contributed by atoms with E-state index in [0.29, 0.717) is 0 Å². The van der Waals surface area contributed by atoms with E-state index < -0.39 is 7.82 Å². The number of rotatable bonds is 5. The first-order valence-electron chi connectivity index (χ1n) is 3.41. The van der Waals surface area contributed by atoms with Crippen LogP contribution in [0.15, 0.2) is 12.2 Å². The fourth-order valence-electron chi connectivity index (χ4n) is 0.493. The van der Waals surface area contributed by atoms with Gasteiger partial charge in [0.2, 0.25) is 0 Å². The molecule has 0 bridgehead atoms. The fraction of sp³-hybridized carbons (Fsp3) is 0.667. The quantitative estimate of drug-likeness (QED) is 0.496. The lowest BCUT2D eigenvalue weighted by Crippen LogP contribution is -1.87. The standard InChI is InChI=1S/C6H13O4P/c1-2-3-4-5-6-10-11(7,8)9/h4-5H,2-3,6H2,1H3,(H2,7,8,9)/b5-4-. The van der Waals surface area contributed by atoms with Crippen LogP contribution in [0.1, 0.15) is 19.8 Å². The third-order valence-electron chi connectivity index (χ3n) is 0.961. The summed E-state index contributed by atoms with van der Waals surface area (Å²) in [5, 5.41) is 0. The second-order valence-electron chi connectivity index (χ2n) is 2.05. The summed E-state index contributed by atoms with van der Waals surface area (Å²) in [6, 6.07) is 0. The molecule has 0 aromatic heterocycles. The molecule has 11 heavy (non-hydrogen) atoms. The molecule has 0 spiro atoms. The molecule has 0 aromatic rings. The molecule has 0 fully saturated rings. The van der Waals surface area contributed by atoms with Crippen LogP contribution < -0.4 is 0 Å². The summed E-state index contributed by atoms with van der Waals surface area (Å²) in [4.78, 5) is 16.5. The van der Waals surface area contributed by atoms with E-state index >= 15 is 0 Å². The zero-order chi connectivity index (χ0) is 8.74. The molecule has 0 rings (SSSR count). The van der Waals surface area contributed by atoms with Crippen molar-refractivity contribution in [3.8, 4) is 0 Å². The van der Waals surface area contributed by atoms with Crippen LogP contribution in [-0.4, -0.2) is 16.4 Å². The van der Waals surface area contributed by atoms with Crippen molar-refractivity contribution in [1.29, 1.82) is 0 Å². The minimum absolute atomic E-state index is 0.0235. The Morgan fingerprint density at radius 1 is 1.45 bits per heavy atom. The highest BCUT2D eigenvalue weighted by molar-refractivity contribution is 7.46. The number of unbranched alkanes of at least 4 members (excludes halogenated alkanes) is 1. The van der Waals surface area contributed by atoms with E-state index in [9.17, 15) is 4.57 Å². The van der Waals surface area contributed by atoms with Gasteiger partial charge in [-0.3, -0.25) is 4.52 Å². The molecule has 0 unspecified atom stereocenters. The van der Waals surface area contributed by atoms with Gasteiger partial charge in [0.25, 0.3) is 0 Å². The average Bonchev–Trinajstić information content (AvgIpc) is 1.85. The summed E-state index contributed by atoms with van der Waals surface area (Å²) in [5.41, 5.74) is 0. The summed E-state index contributed by atoms with van der Waals surface area (Å²) < 4.78 is 14.3. The van der Waals surface area contributed by atoms with Gasteiger partial charge in [-0.15, -0.1) is 0 Å². The van der Waals surface area contributed by atoms with Gasteiger partial charge in [0, 0.05) is 0 Å². The first-order chi connectivity index (χ1) is 5.06. The molecule has 0 aliphatic rings. The molecule has 0 aliphatic heterocycles. The predicted molar refractivity (Wildman–Crippen MR) is 42.0 cm³/mol. The van der Waals surface area contributed by atoms with E-state index in [2.05, 4.69) is 4.52 Å². The molecule has 0 aromatic carbocycles. The van der Waals surface area contributed by atoms with Gasteiger partial charge in [-0.25, -0.2) is 4.57 Å². The monoisotopic (exact) mass is 180 g/mol. The van der Waals surface area contributed by atoms with E-state index in [1.165, 1.54) is 0 Å². The van der Waals surface area contributed by atoms with Crippen LogP contribution in [0.2, 0.25) is 0 Å². The van der Waals surface area contributed by atoms with Gasteiger partial charge < -0.3 is 9.79 Å². The highest BCUT2D eigenvalue weighted by atomic mass is 31.2. The molecule has 0 saturated carbocycles. The van der Waals surface area contributed by atoms with Crippen molar-refractivity contribution in [2.45, 2.75) is 19.8 Å². The number of phosphoric acid groups is 1. The van der Waals surface area contributed by atoms with Crippen molar-refractivity contribution in [3.63, 3.8) is 0 Å². The molecule has 0 saturated heterocycles. The Balaban J connectivity index is 3.34. The van der Waals surface area contributed by atoms with E-state index in [-0.39, 0.29) is 6.61 Å². The summed E-state index contributed by atoms with van der Waals surface area (Å²) in [7, 11) is -4.27. The van der Waals surface area contributed by atoms with Gasteiger partial charge in [0.15, 0.2) is 0 Å². The van der Waals surface area contributed by atoms with E-state index in [1.54, 1.807) is 6.08 Å². The SMILES string of the molecule is CCC/C=C\COP(=O)(O)O. The van der Waals surface area contributed by atoms with Crippen molar-refractivity contribution >= 4 is 7.82 Å². The molecule has 4 nitrogen and oxygen atoms in total. The highest BCUT2D eigenvalue weighted by Gasteiger charge is 2.10. The maximum Gasteiger partial charge on any atom is 0.469 e. The van der Waals surface area contributed by atoms with Crippen LogP contribution in [0, 0.1) is 0 Å². The molecule has 5 heteroatoms. The van der Waals surface area contributed by atoms with Gasteiger partial charge in [-0.05, 0) is 6.42 Å². The number of hydrogen-bond acceptors (Lipinski definition) is 2. The summed E-state index contributed by atoms with van der Waals surface area (Å²) in [5.74, 6) is 0. The Morgan fingerprint density at radius 2 is 2.09 bits per heavy atom. The van der Waals surface area contributed by atoms with Gasteiger partial charge >= 0.3 is 7.82 Å². The van der Waals surface area contributed by atoms with E-state index in [4.69, 9.17) is 9.79 Å². The van der Waals surface area contributed by atoms with Crippen molar-refractivity contribution in [3.05, 3.63) is 12.2 Å². The number of allylic oxidation sites excluding steroid dienone is 1. The molecule has 0 amide bonds. The molecule has 0 heterocycles. The zero-order valence-corrected chi connectivity index (χ0v) is 7.33. The average molecular weight is 180 g/mol. The third kappa shape index (κ3) is 9.85. The van der Waals surface area contributed by atoms with E-state index in [0.717, 1.165) is 12.8 Å². The lowest BCUT2D eigenvalue weighted by Gasteiger charge is -1.99. The Kier molecular flexibility index (Phi) is 5.42. The maximum atomic E-state index is 10.1. The van der Waals surface area contributed by atoms with Crippen LogP contribution in [0.5, 0.6) is 0 Å². The molecule has 0 radical (unpaired) electrons. The molecular formula is C6H13O4P. The van der Waals surface area contributed by atoms with Gasteiger partial charge in [0.1, 0.15) is 0 Å². The van der Waals surface area contributed by atoms with Crippen molar-refractivity contribution in [2.24, 2.45) is 0 Å². The van der Waals surface area contributed by atoms with Gasteiger partial charge in [-0.2, -0.15) is 0 Å². The molecule has 0 aliphatic carbocycles. The van der Waals surface area contributed by atoms with Crippen LogP contribution in [0.4, 0.5) is 0 Å². The van der Waals surface area contributed by atoms with Crippen molar-refractivity contribution in [2.75, 3.05) is 6.61 Å². The fourth-order valence-corrected chi connectivity index (χ4v) is 0.773. The molecule has 66 valence electrons. The molecular weight excluding hydrogens is 167 g/mol. The highest BCUT2D eigenvalue weighted by Crippen LogP contribution is 2.35. The van der Waals surface area contributed by atoms with Crippen molar-refractivity contribution in [1.82, 2.24) is 0 Å². The zero-order valence-electron chi connectivity index (χ0n) is 6.43. The first kappa shape index (κ1) is 10.8. The predicted octanol–water partition coefficient (Wildman–Crippen LogP) is 1.45. The van der Waals surface area contributed by atoms with Crippen LogP contribution in [0.3, 0.4) is 0 Å². The Bertz CT molecular complexity index is 160.